The average Bonchev–Trinajstić information content (AvgIpc) is 3.07. The number of nitrogens with one attached hydrogen (secondary N) is 1. The molecule has 1 fully saturated rings. The van der Waals surface area contributed by atoms with E-state index in [0.717, 1.165) is 48.3 Å². The van der Waals surface area contributed by atoms with E-state index in [4.69, 9.17) is 10.7 Å². The van der Waals surface area contributed by atoms with Crippen molar-refractivity contribution < 1.29 is 13.2 Å². The van der Waals surface area contributed by atoms with Gasteiger partial charge in [0.1, 0.15) is 4.21 Å². The minimum Gasteiger partial charge on any atom is -0.355 e. The second-order valence-electron chi connectivity index (χ2n) is 5.51. The van der Waals surface area contributed by atoms with Crippen LogP contribution in [0.5, 0.6) is 0 Å². The molecule has 1 amide bonds. The third kappa shape index (κ3) is 3.99. The van der Waals surface area contributed by atoms with E-state index in [1.54, 1.807) is 6.07 Å². The fraction of sp³-hybridized carbons (Fsp3) is 0.643. The summed E-state index contributed by atoms with van der Waals surface area (Å²) in [6.45, 7) is 2.60. The highest BCUT2D eigenvalue weighted by Crippen LogP contribution is 2.41. The van der Waals surface area contributed by atoms with Gasteiger partial charge in [-0.2, -0.15) is 0 Å². The van der Waals surface area contributed by atoms with Gasteiger partial charge in [-0.1, -0.05) is 19.8 Å². The lowest BCUT2D eigenvalue weighted by Gasteiger charge is -2.25. The van der Waals surface area contributed by atoms with Gasteiger partial charge < -0.3 is 5.32 Å². The van der Waals surface area contributed by atoms with E-state index >= 15 is 0 Å². The zero-order valence-corrected chi connectivity index (χ0v) is 14.4. The van der Waals surface area contributed by atoms with Gasteiger partial charge in [0, 0.05) is 27.5 Å². The zero-order valence-electron chi connectivity index (χ0n) is 12.0. The number of thiophene rings is 1. The minimum atomic E-state index is -3.65. The van der Waals surface area contributed by atoms with E-state index in [2.05, 4.69) is 12.2 Å². The molecule has 0 radical (unpaired) electrons. The molecule has 1 saturated carbocycles. The second kappa shape index (κ2) is 6.67. The highest BCUT2D eigenvalue weighted by atomic mass is 35.7. The van der Waals surface area contributed by atoms with Crippen molar-refractivity contribution >= 4 is 37.0 Å². The molecular weight excluding hydrogens is 330 g/mol. The van der Waals surface area contributed by atoms with E-state index < -0.39 is 9.05 Å². The van der Waals surface area contributed by atoms with Crippen LogP contribution in [0.1, 0.15) is 43.9 Å². The molecule has 0 bridgehead atoms. The third-order valence-corrected chi connectivity index (χ3v) is 7.49. The van der Waals surface area contributed by atoms with E-state index in [-0.39, 0.29) is 15.5 Å². The molecular formula is C14H20ClNO3S2. The van der Waals surface area contributed by atoms with Crippen LogP contribution in [-0.4, -0.2) is 20.9 Å². The first-order valence-electron chi connectivity index (χ1n) is 7.19. The molecule has 0 spiro atoms. The SMILES string of the molecule is CCC1(C(=O)NCCc2ccc(S(=O)(=O)Cl)s2)CCCC1. The van der Waals surface area contributed by atoms with Gasteiger partial charge >= 0.3 is 0 Å². The van der Waals surface area contributed by atoms with E-state index in [0.29, 0.717) is 13.0 Å². The van der Waals surface area contributed by atoms with Crippen LogP contribution in [0.25, 0.3) is 0 Å². The van der Waals surface area contributed by atoms with Crippen molar-refractivity contribution in [2.75, 3.05) is 6.54 Å². The molecule has 1 aromatic rings. The van der Waals surface area contributed by atoms with Gasteiger partial charge in [-0.25, -0.2) is 8.42 Å². The lowest BCUT2D eigenvalue weighted by atomic mass is 9.82. The first kappa shape index (κ1) is 16.8. The Morgan fingerprint density at radius 1 is 1.38 bits per heavy atom. The van der Waals surface area contributed by atoms with Crippen LogP contribution in [0.3, 0.4) is 0 Å². The highest BCUT2D eigenvalue weighted by molar-refractivity contribution is 8.15. The number of halogens is 1. The summed E-state index contributed by atoms with van der Waals surface area (Å²) in [5.74, 6) is 0.143. The molecule has 1 N–H and O–H groups in total. The van der Waals surface area contributed by atoms with Crippen LogP contribution >= 0.6 is 22.0 Å². The number of rotatable bonds is 6. The van der Waals surface area contributed by atoms with E-state index in [1.807, 2.05) is 0 Å². The summed E-state index contributed by atoms with van der Waals surface area (Å²) in [6, 6.07) is 3.26. The maximum atomic E-state index is 12.3. The van der Waals surface area contributed by atoms with Crippen molar-refractivity contribution in [3.63, 3.8) is 0 Å². The summed E-state index contributed by atoms with van der Waals surface area (Å²) in [7, 11) is 1.65. The van der Waals surface area contributed by atoms with Gasteiger partial charge in [0.05, 0.1) is 0 Å². The van der Waals surface area contributed by atoms with Gasteiger partial charge in [-0.05, 0) is 37.8 Å². The lowest BCUT2D eigenvalue weighted by molar-refractivity contribution is -0.131. The molecule has 21 heavy (non-hydrogen) atoms. The summed E-state index contributed by atoms with van der Waals surface area (Å²) >= 11 is 1.16. The van der Waals surface area contributed by atoms with Crippen molar-refractivity contribution in [1.29, 1.82) is 0 Å². The molecule has 7 heteroatoms. The van der Waals surface area contributed by atoms with Crippen molar-refractivity contribution in [3.8, 4) is 0 Å². The van der Waals surface area contributed by atoms with Crippen molar-refractivity contribution in [1.82, 2.24) is 5.32 Å². The van der Waals surface area contributed by atoms with Crippen LogP contribution in [0, 0.1) is 5.41 Å². The summed E-state index contributed by atoms with van der Waals surface area (Å²) in [6.07, 6.45) is 5.72. The first-order valence-corrected chi connectivity index (χ1v) is 10.3. The van der Waals surface area contributed by atoms with Gasteiger partial charge in [0.15, 0.2) is 0 Å². The normalized spacial score (nSPS) is 17.8. The maximum Gasteiger partial charge on any atom is 0.270 e. The quantitative estimate of drug-likeness (QED) is 0.801. The number of carbonyl (C=O) groups is 1. The lowest BCUT2D eigenvalue weighted by Crippen LogP contribution is -2.39. The Labute approximate surface area is 134 Å². The topological polar surface area (TPSA) is 63.2 Å². The molecule has 0 saturated heterocycles. The second-order valence-corrected chi connectivity index (χ2v) is 9.47. The maximum absolute atomic E-state index is 12.3. The highest BCUT2D eigenvalue weighted by Gasteiger charge is 2.38. The number of hydrogen-bond donors (Lipinski definition) is 1. The van der Waals surface area contributed by atoms with Gasteiger partial charge in [-0.3, -0.25) is 4.79 Å². The molecule has 1 aliphatic carbocycles. The van der Waals surface area contributed by atoms with Gasteiger partial charge in [-0.15, -0.1) is 11.3 Å². The molecule has 2 rings (SSSR count). The third-order valence-electron chi connectivity index (χ3n) is 4.25. The molecule has 1 aliphatic rings. The molecule has 4 nitrogen and oxygen atoms in total. The van der Waals surface area contributed by atoms with Crippen LogP contribution < -0.4 is 5.32 Å². The molecule has 0 unspecified atom stereocenters. The summed E-state index contributed by atoms with van der Waals surface area (Å²) < 4.78 is 22.5. The predicted molar refractivity (Wildman–Crippen MR) is 85.3 cm³/mol. The molecule has 0 atom stereocenters. The summed E-state index contributed by atoms with van der Waals surface area (Å²) in [5, 5.41) is 3.00. The largest absolute Gasteiger partial charge is 0.355 e. The molecule has 0 aliphatic heterocycles. The van der Waals surface area contributed by atoms with Crippen LogP contribution in [0.15, 0.2) is 16.3 Å². The fourth-order valence-electron chi connectivity index (χ4n) is 2.90. The van der Waals surface area contributed by atoms with Crippen molar-refractivity contribution in [2.24, 2.45) is 5.41 Å². The number of amides is 1. The Balaban J connectivity index is 1.87. The number of hydrogen-bond acceptors (Lipinski definition) is 4. The minimum absolute atomic E-state index is 0.143. The van der Waals surface area contributed by atoms with Crippen molar-refractivity contribution in [2.45, 2.75) is 49.7 Å². The fourth-order valence-corrected chi connectivity index (χ4v) is 5.03. The molecule has 118 valence electrons. The van der Waals surface area contributed by atoms with Crippen LogP contribution in [0.2, 0.25) is 0 Å². The summed E-state index contributed by atoms with van der Waals surface area (Å²) in [5.41, 5.74) is -0.180. The Hall–Kier alpha value is -0.590. The first-order chi connectivity index (χ1) is 9.87. The zero-order chi connectivity index (χ0) is 15.5. The molecule has 0 aromatic carbocycles. The Morgan fingerprint density at radius 2 is 2.05 bits per heavy atom. The van der Waals surface area contributed by atoms with E-state index in [1.165, 1.54) is 6.07 Å². The average molecular weight is 350 g/mol. The Bertz CT molecular complexity index is 603. The number of carbonyl (C=O) groups excluding carboxylic acids is 1. The van der Waals surface area contributed by atoms with Gasteiger partial charge in [0.2, 0.25) is 5.91 Å². The molecule has 1 aromatic heterocycles. The van der Waals surface area contributed by atoms with Gasteiger partial charge in [0.25, 0.3) is 9.05 Å². The van der Waals surface area contributed by atoms with Crippen LogP contribution in [-0.2, 0) is 20.3 Å². The predicted octanol–water partition coefficient (Wildman–Crippen LogP) is 3.30. The Kier molecular flexibility index (Phi) is 5.33. The van der Waals surface area contributed by atoms with Crippen molar-refractivity contribution in [3.05, 3.63) is 17.0 Å². The molecule has 1 heterocycles. The summed E-state index contributed by atoms with van der Waals surface area (Å²) in [4.78, 5) is 13.2. The smallest absolute Gasteiger partial charge is 0.270 e. The van der Waals surface area contributed by atoms with Crippen LogP contribution in [0.4, 0.5) is 0 Å². The monoisotopic (exact) mass is 349 g/mol. The standard InChI is InChI=1S/C14H20ClNO3S2/c1-2-14(8-3-4-9-14)13(17)16-10-7-11-5-6-12(20-11)21(15,18)19/h5-6H,2-4,7-10H2,1H3,(H,16,17). The van der Waals surface area contributed by atoms with E-state index in [9.17, 15) is 13.2 Å². The Morgan fingerprint density at radius 3 is 2.57 bits per heavy atom.